The third kappa shape index (κ3) is 2.67. The zero-order valence-electron chi connectivity index (χ0n) is 10.2. The maximum Gasteiger partial charge on any atom is 0.419 e. The molecule has 0 aliphatic rings. The summed E-state index contributed by atoms with van der Waals surface area (Å²) in [6.45, 7) is 5.46. The molecule has 0 atom stereocenters. The van der Waals surface area contributed by atoms with Gasteiger partial charge in [-0.1, -0.05) is 11.6 Å². The second kappa shape index (κ2) is 4.55. The molecule has 0 saturated heterocycles. The number of hydrogen-bond donors (Lipinski definition) is 0. The van der Waals surface area contributed by atoms with Crippen LogP contribution in [0.1, 0.15) is 20.8 Å². The number of ether oxygens (including phenoxy) is 1. The predicted octanol–water partition coefficient (Wildman–Crippen LogP) is 4.24. The maximum absolute atomic E-state index is 12.0. The van der Waals surface area contributed by atoms with Gasteiger partial charge in [0.2, 0.25) is 0 Å². The van der Waals surface area contributed by atoms with Crippen molar-refractivity contribution in [3.63, 3.8) is 0 Å². The van der Waals surface area contributed by atoms with E-state index in [9.17, 15) is 4.79 Å². The number of carbonyl (C=O) groups excluding carboxylic acids is 1. The molecule has 2 heterocycles. The molecule has 0 amide bonds. The van der Waals surface area contributed by atoms with Crippen LogP contribution < -0.4 is 0 Å². The molecule has 0 aliphatic carbocycles. The molecule has 0 saturated carbocycles. The Kier molecular flexibility index (Phi) is 3.38. The van der Waals surface area contributed by atoms with E-state index in [1.807, 2.05) is 20.8 Å². The molecule has 6 heteroatoms. The van der Waals surface area contributed by atoms with Gasteiger partial charge < -0.3 is 4.74 Å². The molecule has 4 nitrogen and oxygen atoms in total. The fourth-order valence-corrected chi connectivity index (χ4v) is 2.47. The highest BCUT2D eigenvalue weighted by Gasteiger charge is 2.20. The van der Waals surface area contributed by atoms with E-state index in [0.29, 0.717) is 15.3 Å². The number of pyridine rings is 1. The Hall–Kier alpha value is -1.07. The summed E-state index contributed by atoms with van der Waals surface area (Å²) >= 11 is 9.15. The molecule has 0 aliphatic heterocycles. The minimum Gasteiger partial charge on any atom is -0.443 e. The highest BCUT2D eigenvalue weighted by Crippen LogP contribution is 2.26. The largest absolute Gasteiger partial charge is 0.443 e. The third-order valence-corrected chi connectivity index (χ3v) is 2.93. The van der Waals surface area contributed by atoms with Gasteiger partial charge in [0.1, 0.15) is 15.4 Å². The van der Waals surface area contributed by atoms with E-state index in [4.69, 9.17) is 16.3 Å². The summed E-state index contributed by atoms with van der Waals surface area (Å²) in [4.78, 5) is 16.1. The topological polar surface area (TPSA) is 44.1 Å². The summed E-state index contributed by atoms with van der Waals surface area (Å²) in [5, 5.41) is 1.20. The quantitative estimate of drug-likeness (QED) is 0.678. The SMILES string of the molecule is CC(C)(C)OC(=O)n1ccc2cc(Cl)nc(Br)c21. The molecule has 18 heavy (non-hydrogen) atoms. The van der Waals surface area contributed by atoms with Crippen LogP contribution in [0, 0.1) is 0 Å². The Bertz CT molecular complexity index is 616. The van der Waals surface area contributed by atoms with Crippen molar-refractivity contribution in [3.05, 3.63) is 28.1 Å². The van der Waals surface area contributed by atoms with Crippen LogP contribution in [-0.4, -0.2) is 21.2 Å². The van der Waals surface area contributed by atoms with Gasteiger partial charge >= 0.3 is 6.09 Å². The molecule has 2 aromatic rings. The maximum atomic E-state index is 12.0. The van der Waals surface area contributed by atoms with Crippen molar-refractivity contribution < 1.29 is 9.53 Å². The number of rotatable bonds is 0. The van der Waals surface area contributed by atoms with E-state index in [-0.39, 0.29) is 0 Å². The second-order valence-corrected chi connectivity index (χ2v) is 5.98. The summed E-state index contributed by atoms with van der Waals surface area (Å²) in [6, 6.07) is 3.49. The van der Waals surface area contributed by atoms with Crippen LogP contribution in [0.5, 0.6) is 0 Å². The first-order valence-electron chi connectivity index (χ1n) is 5.34. The van der Waals surface area contributed by atoms with Gasteiger partial charge in [-0.05, 0) is 48.8 Å². The van der Waals surface area contributed by atoms with Crippen molar-refractivity contribution in [1.82, 2.24) is 9.55 Å². The molecule has 0 spiro atoms. The first-order chi connectivity index (χ1) is 8.28. The molecule has 0 fully saturated rings. The normalized spacial score (nSPS) is 11.8. The van der Waals surface area contributed by atoms with Crippen molar-refractivity contribution >= 4 is 44.5 Å². The van der Waals surface area contributed by atoms with Crippen LogP contribution in [0.2, 0.25) is 5.15 Å². The number of nitrogens with zero attached hydrogens (tertiary/aromatic N) is 2. The monoisotopic (exact) mass is 330 g/mol. The Morgan fingerprint density at radius 2 is 2.17 bits per heavy atom. The van der Waals surface area contributed by atoms with Crippen molar-refractivity contribution in [3.8, 4) is 0 Å². The van der Waals surface area contributed by atoms with Crippen LogP contribution in [0.25, 0.3) is 10.9 Å². The van der Waals surface area contributed by atoms with E-state index < -0.39 is 11.7 Å². The minimum absolute atomic E-state index is 0.372. The molecule has 0 unspecified atom stereocenters. The lowest BCUT2D eigenvalue weighted by Crippen LogP contribution is -2.26. The summed E-state index contributed by atoms with van der Waals surface area (Å²) in [5.74, 6) is 0. The lowest BCUT2D eigenvalue weighted by Gasteiger charge is -2.19. The number of carbonyl (C=O) groups is 1. The molecule has 0 aromatic carbocycles. The predicted molar refractivity (Wildman–Crippen MR) is 74.1 cm³/mol. The second-order valence-electron chi connectivity index (χ2n) is 4.84. The Morgan fingerprint density at radius 1 is 1.50 bits per heavy atom. The smallest absolute Gasteiger partial charge is 0.419 e. The summed E-state index contributed by atoms with van der Waals surface area (Å²) < 4.78 is 7.24. The molecule has 0 bridgehead atoms. The standard InChI is InChI=1S/C12H12BrClN2O2/c1-12(2,3)18-11(17)16-5-4-7-6-8(14)15-10(13)9(7)16/h4-6H,1-3H3. The van der Waals surface area contributed by atoms with Gasteiger partial charge in [-0.15, -0.1) is 0 Å². The van der Waals surface area contributed by atoms with Crippen LogP contribution in [0.15, 0.2) is 22.9 Å². The summed E-state index contributed by atoms with van der Waals surface area (Å²) in [6.07, 6.45) is 1.20. The Balaban J connectivity index is 2.50. The summed E-state index contributed by atoms with van der Waals surface area (Å²) in [7, 11) is 0. The van der Waals surface area contributed by atoms with Crippen LogP contribution in [0.4, 0.5) is 4.79 Å². The molecule has 0 radical (unpaired) electrons. The van der Waals surface area contributed by atoms with Crippen molar-refractivity contribution in [2.75, 3.05) is 0 Å². The summed E-state index contributed by atoms with van der Waals surface area (Å²) in [5.41, 5.74) is 0.105. The molecular formula is C12H12BrClN2O2. The van der Waals surface area contributed by atoms with Crippen LogP contribution in [-0.2, 0) is 4.74 Å². The van der Waals surface area contributed by atoms with Gasteiger partial charge in [0.25, 0.3) is 0 Å². The van der Waals surface area contributed by atoms with Crippen LogP contribution >= 0.6 is 27.5 Å². The van der Waals surface area contributed by atoms with Gasteiger partial charge in [0, 0.05) is 11.6 Å². The van der Waals surface area contributed by atoms with Gasteiger partial charge in [-0.3, -0.25) is 0 Å². The molecule has 0 N–H and O–H groups in total. The van der Waals surface area contributed by atoms with Crippen molar-refractivity contribution in [1.29, 1.82) is 0 Å². The number of halogens is 2. The van der Waals surface area contributed by atoms with E-state index in [0.717, 1.165) is 5.39 Å². The fraction of sp³-hybridized carbons (Fsp3) is 0.333. The first-order valence-corrected chi connectivity index (χ1v) is 6.51. The molecular weight excluding hydrogens is 320 g/mol. The lowest BCUT2D eigenvalue weighted by atomic mass is 10.2. The molecule has 2 rings (SSSR count). The molecule has 96 valence electrons. The zero-order chi connectivity index (χ0) is 13.5. The van der Waals surface area contributed by atoms with E-state index in [1.165, 1.54) is 4.57 Å². The van der Waals surface area contributed by atoms with Crippen molar-refractivity contribution in [2.45, 2.75) is 26.4 Å². The third-order valence-electron chi connectivity index (χ3n) is 2.18. The highest BCUT2D eigenvalue weighted by molar-refractivity contribution is 9.10. The van der Waals surface area contributed by atoms with Gasteiger partial charge in [-0.2, -0.15) is 0 Å². The Labute approximate surface area is 118 Å². The zero-order valence-corrected chi connectivity index (χ0v) is 12.5. The molecule has 2 aromatic heterocycles. The number of hydrogen-bond acceptors (Lipinski definition) is 3. The highest BCUT2D eigenvalue weighted by atomic mass is 79.9. The number of fused-ring (bicyclic) bond motifs is 1. The van der Waals surface area contributed by atoms with E-state index >= 15 is 0 Å². The average molecular weight is 332 g/mol. The average Bonchev–Trinajstić information content (AvgIpc) is 2.58. The van der Waals surface area contributed by atoms with Crippen molar-refractivity contribution in [2.24, 2.45) is 0 Å². The first kappa shape index (κ1) is 13.4. The lowest BCUT2D eigenvalue weighted by molar-refractivity contribution is 0.0544. The van der Waals surface area contributed by atoms with Gasteiger partial charge in [-0.25, -0.2) is 14.3 Å². The minimum atomic E-state index is -0.542. The fourth-order valence-electron chi connectivity index (χ4n) is 1.55. The van der Waals surface area contributed by atoms with E-state index in [1.54, 1.807) is 18.3 Å². The Morgan fingerprint density at radius 3 is 2.78 bits per heavy atom. The van der Waals surface area contributed by atoms with Gasteiger partial charge in [0.05, 0.1) is 5.52 Å². The van der Waals surface area contributed by atoms with E-state index in [2.05, 4.69) is 20.9 Å². The van der Waals surface area contributed by atoms with Crippen LogP contribution in [0.3, 0.4) is 0 Å². The number of aromatic nitrogens is 2. The van der Waals surface area contributed by atoms with Gasteiger partial charge in [0.15, 0.2) is 0 Å².